The summed E-state index contributed by atoms with van der Waals surface area (Å²) in [5.74, 6) is 0. The number of nitrogens with zero attached hydrogens (tertiary/aromatic N) is 3. The Morgan fingerprint density at radius 2 is 2.06 bits per heavy atom. The van der Waals surface area contributed by atoms with Gasteiger partial charge in [0.15, 0.2) is 5.13 Å². The average Bonchev–Trinajstić information content (AvgIpc) is 2.96. The molecule has 5 heteroatoms. The van der Waals surface area contributed by atoms with E-state index in [0.29, 0.717) is 5.54 Å². The average molecular weight is 238 g/mol. The summed E-state index contributed by atoms with van der Waals surface area (Å²) in [6.07, 6.45) is 4.47. The molecule has 2 heterocycles. The van der Waals surface area contributed by atoms with Crippen LogP contribution in [0.4, 0.5) is 5.13 Å². The molecule has 3 rings (SSSR count). The molecule has 0 bridgehead atoms. The van der Waals surface area contributed by atoms with Crippen LogP contribution in [-0.4, -0.2) is 48.1 Å². The van der Waals surface area contributed by atoms with Crippen molar-refractivity contribution < 1.29 is 0 Å². The van der Waals surface area contributed by atoms with E-state index in [4.69, 9.17) is 5.73 Å². The van der Waals surface area contributed by atoms with Gasteiger partial charge in [0.1, 0.15) is 0 Å². The van der Waals surface area contributed by atoms with Gasteiger partial charge in [-0.2, -0.15) is 0 Å². The Balaban J connectivity index is 1.60. The van der Waals surface area contributed by atoms with Crippen molar-refractivity contribution >= 4 is 16.5 Å². The van der Waals surface area contributed by atoms with E-state index < -0.39 is 0 Å². The third-order valence-electron chi connectivity index (χ3n) is 3.85. The van der Waals surface area contributed by atoms with Gasteiger partial charge in [0, 0.05) is 49.8 Å². The minimum absolute atomic E-state index is 0.370. The Kier molecular flexibility index (Phi) is 2.61. The van der Waals surface area contributed by atoms with Crippen molar-refractivity contribution in [1.82, 2.24) is 9.88 Å². The fourth-order valence-corrected chi connectivity index (χ4v) is 3.23. The largest absolute Gasteiger partial charge is 0.346 e. The molecular formula is C11H18N4S. The van der Waals surface area contributed by atoms with Crippen LogP contribution in [0.3, 0.4) is 0 Å². The van der Waals surface area contributed by atoms with E-state index in [9.17, 15) is 0 Å². The minimum Gasteiger partial charge on any atom is -0.346 e. The highest BCUT2D eigenvalue weighted by atomic mass is 32.1. The number of rotatable bonds is 3. The summed E-state index contributed by atoms with van der Waals surface area (Å²) in [6.45, 7) is 5.28. The summed E-state index contributed by atoms with van der Waals surface area (Å²) in [7, 11) is 0. The van der Waals surface area contributed by atoms with Gasteiger partial charge < -0.3 is 10.6 Å². The topological polar surface area (TPSA) is 45.4 Å². The zero-order valence-electron chi connectivity index (χ0n) is 9.43. The molecule has 0 atom stereocenters. The van der Waals surface area contributed by atoms with Crippen molar-refractivity contribution in [2.75, 3.05) is 37.6 Å². The lowest BCUT2D eigenvalue weighted by Crippen LogP contribution is -2.53. The summed E-state index contributed by atoms with van der Waals surface area (Å²) in [5, 5.41) is 3.21. The van der Waals surface area contributed by atoms with E-state index >= 15 is 0 Å². The highest BCUT2D eigenvalue weighted by Gasteiger charge is 2.47. The molecule has 2 fully saturated rings. The van der Waals surface area contributed by atoms with Crippen molar-refractivity contribution in [1.29, 1.82) is 0 Å². The summed E-state index contributed by atoms with van der Waals surface area (Å²) < 4.78 is 0. The first-order valence-electron chi connectivity index (χ1n) is 5.94. The Bertz CT molecular complexity index is 339. The SMILES string of the molecule is NCC1(N2CCN(c3nccs3)CC2)CC1. The standard InChI is InChI=1S/C11H18N4S/c12-9-11(1-2-11)15-6-4-14(5-7-15)10-13-3-8-16-10/h3,8H,1-2,4-7,9,12H2. The molecule has 1 saturated carbocycles. The Labute approximate surface area is 100 Å². The second kappa shape index (κ2) is 3.98. The molecule has 0 spiro atoms. The summed E-state index contributed by atoms with van der Waals surface area (Å²) in [4.78, 5) is 9.33. The summed E-state index contributed by atoms with van der Waals surface area (Å²) in [5.41, 5.74) is 6.23. The number of anilines is 1. The summed E-state index contributed by atoms with van der Waals surface area (Å²) in [6, 6.07) is 0. The van der Waals surface area contributed by atoms with Crippen molar-refractivity contribution in [3.63, 3.8) is 0 Å². The van der Waals surface area contributed by atoms with Crippen LogP contribution < -0.4 is 10.6 Å². The van der Waals surface area contributed by atoms with E-state index in [1.165, 1.54) is 12.8 Å². The van der Waals surface area contributed by atoms with Crippen molar-refractivity contribution in [2.45, 2.75) is 18.4 Å². The fraction of sp³-hybridized carbons (Fsp3) is 0.727. The molecule has 1 aromatic heterocycles. The van der Waals surface area contributed by atoms with E-state index in [1.807, 2.05) is 11.6 Å². The first-order valence-corrected chi connectivity index (χ1v) is 6.82. The van der Waals surface area contributed by atoms with Crippen LogP contribution in [-0.2, 0) is 0 Å². The second-order valence-electron chi connectivity index (χ2n) is 4.72. The van der Waals surface area contributed by atoms with E-state index in [-0.39, 0.29) is 0 Å². The second-order valence-corrected chi connectivity index (χ2v) is 5.59. The zero-order chi connectivity index (χ0) is 11.0. The minimum atomic E-state index is 0.370. The molecule has 88 valence electrons. The molecule has 2 aliphatic rings. The predicted molar refractivity (Wildman–Crippen MR) is 66.9 cm³/mol. The molecule has 16 heavy (non-hydrogen) atoms. The number of piperazine rings is 1. The van der Waals surface area contributed by atoms with Crippen molar-refractivity contribution in [2.24, 2.45) is 5.73 Å². The molecule has 4 nitrogen and oxygen atoms in total. The third-order valence-corrected chi connectivity index (χ3v) is 4.68. The Morgan fingerprint density at radius 3 is 2.56 bits per heavy atom. The number of hydrogen-bond donors (Lipinski definition) is 1. The van der Waals surface area contributed by atoms with Crippen LogP contribution in [0.25, 0.3) is 0 Å². The molecule has 2 N–H and O–H groups in total. The van der Waals surface area contributed by atoms with Gasteiger partial charge in [-0.3, -0.25) is 4.90 Å². The van der Waals surface area contributed by atoms with Crippen LogP contribution in [0.1, 0.15) is 12.8 Å². The third kappa shape index (κ3) is 1.73. The normalized spacial score (nSPS) is 24.7. The molecular weight excluding hydrogens is 220 g/mol. The van der Waals surface area contributed by atoms with Gasteiger partial charge in [-0.1, -0.05) is 0 Å². The molecule has 1 aromatic rings. The lowest BCUT2D eigenvalue weighted by Gasteiger charge is -2.39. The van der Waals surface area contributed by atoms with Gasteiger partial charge in [-0.15, -0.1) is 11.3 Å². The van der Waals surface area contributed by atoms with Crippen LogP contribution in [0, 0.1) is 0 Å². The smallest absolute Gasteiger partial charge is 0.185 e. The van der Waals surface area contributed by atoms with Crippen molar-refractivity contribution in [3.05, 3.63) is 11.6 Å². The van der Waals surface area contributed by atoms with Gasteiger partial charge in [0.05, 0.1) is 0 Å². The van der Waals surface area contributed by atoms with Gasteiger partial charge in [-0.05, 0) is 12.8 Å². The van der Waals surface area contributed by atoms with Crippen LogP contribution >= 0.6 is 11.3 Å². The zero-order valence-corrected chi connectivity index (χ0v) is 10.2. The maximum absolute atomic E-state index is 5.86. The van der Waals surface area contributed by atoms with E-state index in [0.717, 1.165) is 37.9 Å². The molecule has 0 radical (unpaired) electrons. The summed E-state index contributed by atoms with van der Waals surface area (Å²) >= 11 is 1.73. The van der Waals surface area contributed by atoms with Gasteiger partial charge in [0.2, 0.25) is 0 Å². The maximum Gasteiger partial charge on any atom is 0.185 e. The first kappa shape index (κ1) is 10.5. The maximum atomic E-state index is 5.86. The molecule has 1 aliphatic carbocycles. The quantitative estimate of drug-likeness (QED) is 0.844. The van der Waals surface area contributed by atoms with E-state index in [2.05, 4.69) is 14.8 Å². The molecule has 1 saturated heterocycles. The first-order chi connectivity index (χ1) is 7.84. The van der Waals surface area contributed by atoms with Crippen LogP contribution in [0.5, 0.6) is 0 Å². The molecule has 0 aromatic carbocycles. The van der Waals surface area contributed by atoms with Crippen LogP contribution in [0.15, 0.2) is 11.6 Å². The Hall–Kier alpha value is -0.650. The lowest BCUT2D eigenvalue weighted by atomic mass is 10.2. The highest BCUT2D eigenvalue weighted by molar-refractivity contribution is 7.13. The molecule has 1 aliphatic heterocycles. The number of thiazole rings is 1. The number of aromatic nitrogens is 1. The number of nitrogens with two attached hydrogens (primary N) is 1. The monoisotopic (exact) mass is 238 g/mol. The molecule has 0 unspecified atom stereocenters. The van der Waals surface area contributed by atoms with Gasteiger partial charge in [0.25, 0.3) is 0 Å². The fourth-order valence-electron chi connectivity index (χ4n) is 2.54. The van der Waals surface area contributed by atoms with Crippen LogP contribution in [0.2, 0.25) is 0 Å². The predicted octanol–water partition coefficient (Wildman–Crippen LogP) is 0.756. The van der Waals surface area contributed by atoms with Gasteiger partial charge in [-0.25, -0.2) is 4.98 Å². The highest BCUT2D eigenvalue weighted by Crippen LogP contribution is 2.41. The van der Waals surface area contributed by atoms with Crippen molar-refractivity contribution in [3.8, 4) is 0 Å². The molecule has 0 amide bonds. The lowest BCUT2D eigenvalue weighted by molar-refractivity contribution is 0.171. The van der Waals surface area contributed by atoms with Gasteiger partial charge >= 0.3 is 0 Å². The number of hydrogen-bond acceptors (Lipinski definition) is 5. The van der Waals surface area contributed by atoms with E-state index in [1.54, 1.807) is 11.3 Å². The Morgan fingerprint density at radius 1 is 1.31 bits per heavy atom.